The van der Waals surface area contributed by atoms with Gasteiger partial charge in [-0.3, -0.25) is 4.99 Å². The number of hydrogen-bond acceptors (Lipinski definition) is 6. The highest BCUT2D eigenvalue weighted by atomic mass is 127. The van der Waals surface area contributed by atoms with Crippen LogP contribution in [0.15, 0.2) is 33.8 Å². The van der Waals surface area contributed by atoms with Crippen molar-refractivity contribution in [1.82, 2.24) is 20.8 Å². The molecule has 1 aliphatic carbocycles. The van der Waals surface area contributed by atoms with Crippen molar-refractivity contribution in [2.75, 3.05) is 41.0 Å². The Morgan fingerprint density at radius 3 is 2.55 bits per heavy atom. The summed E-state index contributed by atoms with van der Waals surface area (Å²) >= 11 is 0. The molecule has 0 amide bonds. The predicted octanol–water partition coefficient (Wildman–Crippen LogP) is 4.45. The minimum Gasteiger partial charge on any atom is -0.497 e. The first-order valence-electron chi connectivity index (χ1n) is 11.6. The van der Waals surface area contributed by atoms with Crippen LogP contribution in [0.2, 0.25) is 0 Å². The number of aryl methyl sites for hydroxylation is 1. The van der Waals surface area contributed by atoms with E-state index in [2.05, 4.69) is 25.8 Å². The van der Waals surface area contributed by atoms with Gasteiger partial charge in [0.25, 0.3) is 0 Å². The molecule has 9 heteroatoms. The number of methoxy groups -OCH3 is 2. The van der Waals surface area contributed by atoms with E-state index in [4.69, 9.17) is 14.0 Å². The molecule has 0 bridgehead atoms. The quantitative estimate of drug-likeness (QED) is 0.159. The fraction of sp³-hybridized carbons (Fsp3) is 0.625. The van der Waals surface area contributed by atoms with Crippen LogP contribution in [0.1, 0.15) is 50.8 Å². The normalized spacial score (nSPS) is 14.8. The molecule has 1 saturated carbocycles. The summed E-state index contributed by atoms with van der Waals surface area (Å²) in [5, 5.41) is 11.0. The molecule has 0 unspecified atom stereocenters. The Hall–Kier alpha value is -1.88. The summed E-state index contributed by atoms with van der Waals surface area (Å²) in [6.45, 7) is 2.69. The molecular formula is C24H38IN5O3. The van der Waals surface area contributed by atoms with E-state index in [1.165, 1.54) is 19.3 Å². The second kappa shape index (κ2) is 14.4. The Kier molecular flexibility index (Phi) is 11.9. The van der Waals surface area contributed by atoms with Gasteiger partial charge in [0.15, 0.2) is 5.96 Å². The number of nitrogens with zero attached hydrogens (tertiary/aromatic N) is 3. The second-order valence-electron chi connectivity index (χ2n) is 8.50. The maximum atomic E-state index is 5.40. The Balaban J connectivity index is 0.00000385. The van der Waals surface area contributed by atoms with Gasteiger partial charge in [0, 0.05) is 45.8 Å². The van der Waals surface area contributed by atoms with E-state index in [1.807, 2.05) is 31.3 Å². The van der Waals surface area contributed by atoms with Crippen molar-refractivity contribution in [2.24, 2.45) is 10.4 Å². The zero-order chi connectivity index (χ0) is 22.7. The lowest BCUT2D eigenvalue weighted by Crippen LogP contribution is -2.47. The number of aromatic nitrogens is 2. The van der Waals surface area contributed by atoms with Crippen LogP contribution in [0.4, 0.5) is 0 Å². The number of halogens is 1. The highest BCUT2D eigenvalue weighted by molar-refractivity contribution is 14.0. The molecule has 1 aliphatic rings. The third kappa shape index (κ3) is 8.44. The Morgan fingerprint density at radius 2 is 1.91 bits per heavy atom. The van der Waals surface area contributed by atoms with Crippen molar-refractivity contribution in [1.29, 1.82) is 0 Å². The largest absolute Gasteiger partial charge is 0.497 e. The van der Waals surface area contributed by atoms with Gasteiger partial charge < -0.3 is 24.6 Å². The van der Waals surface area contributed by atoms with Gasteiger partial charge in [0.05, 0.1) is 7.11 Å². The molecule has 1 aromatic carbocycles. The summed E-state index contributed by atoms with van der Waals surface area (Å²) in [5.41, 5.74) is 1.30. The van der Waals surface area contributed by atoms with E-state index in [9.17, 15) is 0 Å². The smallest absolute Gasteiger partial charge is 0.226 e. The molecule has 184 valence electrons. The third-order valence-electron chi connectivity index (χ3n) is 6.28. The zero-order valence-corrected chi connectivity index (χ0v) is 22.4. The van der Waals surface area contributed by atoms with Crippen LogP contribution in [-0.4, -0.2) is 57.1 Å². The molecule has 1 aromatic heterocycles. The molecule has 0 spiro atoms. The summed E-state index contributed by atoms with van der Waals surface area (Å²) < 4.78 is 15.9. The van der Waals surface area contributed by atoms with Gasteiger partial charge in [-0.1, -0.05) is 18.0 Å². The van der Waals surface area contributed by atoms with Crippen LogP contribution >= 0.6 is 24.0 Å². The van der Waals surface area contributed by atoms with E-state index in [0.717, 1.165) is 69.1 Å². The number of unbranched alkanes of at least 4 members (excludes halogenated alkanes) is 2. The minimum atomic E-state index is 0. The molecule has 2 aromatic rings. The van der Waals surface area contributed by atoms with Crippen LogP contribution in [0.25, 0.3) is 11.4 Å². The average Bonchev–Trinajstić information content (AvgIpc) is 3.27. The Labute approximate surface area is 214 Å². The van der Waals surface area contributed by atoms with Crippen LogP contribution < -0.4 is 15.4 Å². The molecule has 0 saturated heterocycles. The summed E-state index contributed by atoms with van der Waals surface area (Å²) in [6.07, 6.45) is 8.93. The van der Waals surface area contributed by atoms with Crippen LogP contribution in [0.5, 0.6) is 5.75 Å². The number of benzene rings is 1. The van der Waals surface area contributed by atoms with Gasteiger partial charge in [-0.2, -0.15) is 4.98 Å². The lowest BCUT2D eigenvalue weighted by atomic mass is 9.67. The van der Waals surface area contributed by atoms with E-state index < -0.39 is 0 Å². The summed E-state index contributed by atoms with van der Waals surface area (Å²) in [6, 6.07) is 7.66. The van der Waals surface area contributed by atoms with E-state index >= 15 is 0 Å². The van der Waals surface area contributed by atoms with Crippen molar-refractivity contribution in [3.63, 3.8) is 0 Å². The molecule has 33 heavy (non-hydrogen) atoms. The molecule has 3 rings (SSSR count). The van der Waals surface area contributed by atoms with Crippen LogP contribution in [-0.2, 0) is 11.2 Å². The first kappa shape index (κ1) is 27.4. The molecule has 2 N–H and O–H groups in total. The highest BCUT2D eigenvalue weighted by Crippen LogP contribution is 2.43. The van der Waals surface area contributed by atoms with Crippen molar-refractivity contribution in [3.05, 3.63) is 30.2 Å². The van der Waals surface area contributed by atoms with Crippen molar-refractivity contribution in [2.45, 2.75) is 51.4 Å². The second-order valence-corrected chi connectivity index (χ2v) is 8.50. The summed E-state index contributed by atoms with van der Waals surface area (Å²) in [7, 11) is 5.25. The van der Waals surface area contributed by atoms with Gasteiger partial charge in [0.1, 0.15) is 5.75 Å². The van der Waals surface area contributed by atoms with Crippen molar-refractivity contribution >= 4 is 29.9 Å². The standard InChI is InChI=1S/C24H37N5O3.HI/c1-25-23(27-18-24(13-7-14-24)15-17-30-2)26-16-6-4-5-8-21-28-22(29-32-21)19-9-11-20(31-3)12-10-19;/h9-12H,4-8,13-18H2,1-3H3,(H2,25,26,27);1H. The molecule has 0 aliphatic heterocycles. The first-order chi connectivity index (χ1) is 15.7. The number of rotatable bonds is 13. The highest BCUT2D eigenvalue weighted by Gasteiger charge is 2.36. The topological polar surface area (TPSA) is 93.8 Å². The zero-order valence-electron chi connectivity index (χ0n) is 20.1. The fourth-order valence-corrected chi connectivity index (χ4v) is 4.00. The van der Waals surface area contributed by atoms with Crippen LogP contribution in [0.3, 0.4) is 0 Å². The van der Waals surface area contributed by atoms with E-state index in [-0.39, 0.29) is 24.0 Å². The number of guanidine groups is 1. The lowest BCUT2D eigenvalue weighted by Gasteiger charge is -2.42. The van der Waals surface area contributed by atoms with Crippen LogP contribution in [0, 0.1) is 5.41 Å². The third-order valence-corrected chi connectivity index (χ3v) is 6.28. The Morgan fingerprint density at radius 1 is 1.12 bits per heavy atom. The maximum absolute atomic E-state index is 5.40. The maximum Gasteiger partial charge on any atom is 0.226 e. The molecular weight excluding hydrogens is 533 g/mol. The number of aliphatic imine (C=N–C) groups is 1. The molecule has 8 nitrogen and oxygen atoms in total. The van der Waals surface area contributed by atoms with Gasteiger partial charge in [-0.05, 0) is 61.8 Å². The molecule has 1 fully saturated rings. The molecule has 0 radical (unpaired) electrons. The van der Waals surface area contributed by atoms with Crippen molar-refractivity contribution < 1.29 is 14.0 Å². The van der Waals surface area contributed by atoms with E-state index in [0.29, 0.717) is 17.1 Å². The van der Waals surface area contributed by atoms with E-state index in [1.54, 1.807) is 14.2 Å². The molecule has 0 atom stereocenters. The Bertz CT molecular complexity index is 837. The van der Waals surface area contributed by atoms with Gasteiger partial charge in [0.2, 0.25) is 11.7 Å². The lowest BCUT2D eigenvalue weighted by molar-refractivity contribution is 0.0732. The minimum absolute atomic E-state index is 0. The fourth-order valence-electron chi connectivity index (χ4n) is 4.00. The van der Waals surface area contributed by atoms with Gasteiger partial charge in [-0.15, -0.1) is 24.0 Å². The summed E-state index contributed by atoms with van der Waals surface area (Å²) in [4.78, 5) is 8.86. The monoisotopic (exact) mass is 571 g/mol. The SMILES string of the molecule is CN=C(NCCCCCc1nc(-c2ccc(OC)cc2)no1)NCC1(CCOC)CCC1.I. The number of nitrogens with one attached hydrogen (secondary N) is 2. The van der Waals surface area contributed by atoms with Crippen molar-refractivity contribution in [3.8, 4) is 17.1 Å². The molecule has 1 heterocycles. The number of ether oxygens (including phenoxy) is 2. The average molecular weight is 572 g/mol. The summed E-state index contributed by atoms with van der Waals surface area (Å²) in [5.74, 6) is 3.00. The van der Waals surface area contributed by atoms with Gasteiger partial charge in [-0.25, -0.2) is 0 Å². The number of hydrogen-bond donors (Lipinski definition) is 2. The predicted molar refractivity (Wildman–Crippen MR) is 141 cm³/mol. The van der Waals surface area contributed by atoms with Gasteiger partial charge >= 0.3 is 0 Å². The first-order valence-corrected chi connectivity index (χ1v) is 11.6.